The minimum atomic E-state index is -3.32. The summed E-state index contributed by atoms with van der Waals surface area (Å²) in [6, 6.07) is 7.09. The molecule has 1 saturated heterocycles. The molecule has 0 saturated carbocycles. The SMILES string of the molecule is CN(C)CC1CSCCCN1S(=O)(=O)Cc1ccc(Cl)cc1. The van der Waals surface area contributed by atoms with Crippen molar-refractivity contribution >= 4 is 33.4 Å². The van der Waals surface area contributed by atoms with Crippen LogP contribution in [0.5, 0.6) is 0 Å². The highest BCUT2D eigenvalue weighted by Crippen LogP contribution is 2.22. The Morgan fingerprint density at radius 2 is 2.00 bits per heavy atom. The smallest absolute Gasteiger partial charge is 0.218 e. The molecule has 1 atom stereocenters. The van der Waals surface area contributed by atoms with Crippen molar-refractivity contribution in [2.75, 3.05) is 38.7 Å². The second-order valence-electron chi connectivity index (χ2n) is 5.84. The Hall–Kier alpha value is -0.270. The summed E-state index contributed by atoms with van der Waals surface area (Å²) in [5.41, 5.74) is 0.782. The molecule has 1 aromatic rings. The molecule has 4 nitrogen and oxygen atoms in total. The zero-order valence-corrected chi connectivity index (χ0v) is 15.4. The van der Waals surface area contributed by atoms with Crippen LogP contribution in [0.2, 0.25) is 5.02 Å². The summed E-state index contributed by atoms with van der Waals surface area (Å²) in [6.45, 7) is 1.37. The molecule has 124 valence electrons. The molecule has 0 radical (unpaired) electrons. The molecule has 0 spiro atoms. The third-order valence-corrected chi connectivity index (χ3v) is 6.92. The van der Waals surface area contributed by atoms with Gasteiger partial charge in [-0.2, -0.15) is 16.1 Å². The van der Waals surface area contributed by atoms with Crippen molar-refractivity contribution in [2.45, 2.75) is 18.2 Å². The van der Waals surface area contributed by atoms with E-state index in [1.54, 1.807) is 28.6 Å². The summed E-state index contributed by atoms with van der Waals surface area (Å²) >= 11 is 7.71. The van der Waals surface area contributed by atoms with Gasteiger partial charge >= 0.3 is 0 Å². The van der Waals surface area contributed by atoms with Crippen molar-refractivity contribution in [1.82, 2.24) is 9.21 Å². The van der Waals surface area contributed by atoms with Crippen LogP contribution < -0.4 is 0 Å². The Kier molecular flexibility index (Phi) is 6.58. The normalized spacial score (nSPS) is 21.0. The summed E-state index contributed by atoms with van der Waals surface area (Å²) < 4.78 is 27.4. The van der Waals surface area contributed by atoms with Gasteiger partial charge in [0.05, 0.1) is 5.75 Å². The number of halogens is 1. The van der Waals surface area contributed by atoms with E-state index in [4.69, 9.17) is 11.6 Å². The molecule has 0 amide bonds. The lowest BCUT2D eigenvalue weighted by molar-refractivity contribution is 0.271. The van der Waals surface area contributed by atoms with Crippen LogP contribution in [0.1, 0.15) is 12.0 Å². The lowest BCUT2D eigenvalue weighted by Gasteiger charge is -2.30. The molecule has 22 heavy (non-hydrogen) atoms. The zero-order chi connectivity index (χ0) is 16.2. The maximum atomic E-state index is 12.8. The largest absolute Gasteiger partial charge is 0.308 e. The van der Waals surface area contributed by atoms with Gasteiger partial charge in [-0.05, 0) is 44.0 Å². The molecule has 0 aromatic heterocycles. The molecular formula is C15H23ClN2O2S2. The van der Waals surface area contributed by atoms with Crippen molar-refractivity contribution in [3.8, 4) is 0 Å². The predicted octanol–water partition coefficient (Wildman–Crippen LogP) is 2.54. The van der Waals surface area contributed by atoms with E-state index in [-0.39, 0.29) is 11.8 Å². The summed E-state index contributed by atoms with van der Waals surface area (Å²) in [6.07, 6.45) is 0.911. The lowest BCUT2D eigenvalue weighted by atomic mass is 10.2. The van der Waals surface area contributed by atoms with Gasteiger partial charge in [-0.25, -0.2) is 8.42 Å². The summed E-state index contributed by atoms with van der Waals surface area (Å²) in [4.78, 5) is 2.06. The minimum absolute atomic E-state index is 0.0404. The van der Waals surface area contributed by atoms with Gasteiger partial charge in [0.25, 0.3) is 0 Å². The van der Waals surface area contributed by atoms with Gasteiger partial charge in [0.2, 0.25) is 10.0 Å². The molecule has 0 aliphatic carbocycles. The molecule has 1 heterocycles. The topological polar surface area (TPSA) is 40.6 Å². The monoisotopic (exact) mass is 362 g/mol. The first kappa shape index (κ1) is 18.1. The number of hydrogen-bond donors (Lipinski definition) is 0. The number of thioether (sulfide) groups is 1. The highest BCUT2D eigenvalue weighted by atomic mass is 35.5. The molecule has 7 heteroatoms. The summed E-state index contributed by atoms with van der Waals surface area (Å²) in [5, 5.41) is 0.623. The standard InChI is InChI=1S/C15H23ClN2O2S2/c1-17(2)10-15-11-21-9-3-8-18(15)22(19,20)12-13-4-6-14(16)7-5-13/h4-7,15H,3,8-12H2,1-2H3. The average molecular weight is 363 g/mol. The van der Waals surface area contributed by atoms with Gasteiger partial charge in [-0.15, -0.1) is 0 Å². The van der Waals surface area contributed by atoms with Crippen LogP contribution in [0.25, 0.3) is 0 Å². The van der Waals surface area contributed by atoms with Crippen LogP contribution in [-0.2, 0) is 15.8 Å². The molecule has 0 N–H and O–H groups in total. The fraction of sp³-hybridized carbons (Fsp3) is 0.600. The molecule has 1 unspecified atom stereocenters. The number of nitrogens with zero attached hydrogens (tertiary/aromatic N) is 2. The summed E-state index contributed by atoms with van der Waals surface area (Å²) in [7, 11) is 0.654. The third kappa shape index (κ3) is 5.13. The number of sulfonamides is 1. The van der Waals surface area contributed by atoms with Gasteiger partial charge in [0, 0.05) is 29.9 Å². The van der Waals surface area contributed by atoms with Crippen molar-refractivity contribution in [3.63, 3.8) is 0 Å². The van der Waals surface area contributed by atoms with Crippen LogP contribution >= 0.6 is 23.4 Å². The van der Waals surface area contributed by atoms with E-state index < -0.39 is 10.0 Å². The average Bonchev–Trinajstić information content (AvgIpc) is 2.66. The van der Waals surface area contributed by atoms with Gasteiger partial charge in [0.1, 0.15) is 0 Å². The highest BCUT2D eigenvalue weighted by molar-refractivity contribution is 7.99. The maximum Gasteiger partial charge on any atom is 0.218 e. The first-order valence-corrected chi connectivity index (χ1v) is 10.5. The van der Waals surface area contributed by atoms with E-state index in [9.17, 15) is 8.42 Å². The van der Waals surface area contributed by atoms with Crippen LogP contribution in [0.3, 0.4) is 0 Å². The van der Waals surface area contributed by atoms with Crippen LogP contribution in [0.4, 0.5) is 0 Å². The van der Waals surface area contributed by atoms with Crippen LogP contribution in [0.15, 0.2) is 24.3 Å². The molecule has 0 bridgehead atoms. The van der Waals surface area contributed by atoms with E-state index >= 15 is 0 Å². The van der Waals surface area contributed by atoms with Gasteiger partial charge < -0.3 is 4.90 Å². The lowest BCUT2D eigenvalue weighted by Crippen LogP contribution is -2.47. The Bertz CT molecular complexity index is 576. The number of likely N-dealkylation sites (N-methyl/N-ethyl adjacent to an activating group) is 1. The molecule has 2 rings (SSSR count). The molecular weight excluding hydrogens is 340 g/mol. The minimum Gasteiger partial charge on any atom is -0.308 e. The van der Waals surface area contributed by atoms with E-state index in [2.05, 4.69) is 4.90 Å². The molecule has 1 aliphatic rings. The Morgan fingerprint density at radius 1 is 1.32 bits per heavy atom. The van der Waals surface area contributed by atoms with Gasteiger partial charge in [-0.3, -0.25) is 0 Å². The van der Waals surface area contributed by atoms with Gasteiger partial charge in [0.15, 0.2) is 0 Å². The maximum absolute atomic E-state index is 12.8. The van der Waals surface area contributed by atoms with E-state index in [1.807, 2.05) is 25.9 Å². The van der Waals surface area contributed by atoms with Crippen molar-refractivity contribution in [3.05, 3.63) is 34.9 Å². The number of rotatable bonds is 5. The van der Waals surface area contributed by atoms with E-state index in [0.29, 0.717) is 11.6 Å². The fourth-order valence-electron chi connectivity index (χ4n) is 2.61. The number of benzene rings is 1. The van der Waals surface area contributed by atoms with Crippen LogP contribution in [0, 0.1) is 0 Å². The number of hydrogen-bond acceptors (Lipinski definition) is 4. The molecule has 1 aromatic carbocycles. The van der Waals surface area contributed by atoms with E-state index in [0.717, 1.165) is 30.0 Å². The fourth-order valence-corrected chi connectivity index (χ4v) is 5.67. The Morgan fingerprint density at radius 3 is 2.64 bits per heavy atom. The first-order chi connectivity index (χ1) is 10.4. The Balaban J connectivity index is 2.17. The third-order valence-electron chi connectivity index (χ3n) is 3.58. The van der Waals surface area contributed by atoms with Gasteiger partial charge in [-0.1, -0.05) is 23.7 Å². The Labute approximate surface area is 142 Å². The second-order valence-corrected chi connectivity index (χ2v) is 9.35. The van der Waals surface area contributed by atoms with Crippen LogP contribution in [-0.4, -0.2) is 62.4 Å². The predicted molar refractivity (Wildman–Crippen MR) is 95.1 cm³/mol. The highest BCUT2D eigenvalue weighted by Gasteiger charge is 2.31. The molecule has 1 fully saturated rings. The van der Waals surface area contributed by atoms with Crippen molar-refractivity contribution < 1.29 is 8.42 Å². The summed E-state index contributed by atoms with van der Waals surface area (Å²) in [5.74, 6) is 1.92. The molecule has 1 aliphatic heterocycles. The second kappa shape index (κ2) is 8.02. The van der Waals surface area contributed by atoms with Crippen molar-refractivity contribution in [1.29, 1.82) is 0 Å². The zero-order valence-electron chi connectivity index (χ0n) is 13.0. The first-order valence-electron chi connectivity index (χ1n) is 7.35. The van der Waals surface area contributed by atoms with E-state index in [1.165, 1.54) is 0 Å². The van der Waals surface area contributed by atoms with Crippen molar-refractivity contribution in [2.24, 2.45) is 0 Å². The quantitative estimate of drug-likeness (QED) is 0.807.